The average molecular weight is 277 g/mol. The summed E-state index contributed by atoms with van der Waals surface area (Å²) in [5, 5.41) is 13.7. The molecule has 7 heteroatoms. The second kappa shape index (κ2) is 6.46. The summed E-state index contributed by atoms with van der Waals surface area (Å²) in [6, 6.07) is 2.19. The summed E-state index contributed by atoms with van der Waals surface area (Å²) in [7, 11) is 0. The summed E-state index contributed by atoms with van der Waals surface area (Å²) in [5.74, 6) is -1.04. The molecule has 0 bridgehead atoms. The molecule has 1 aromatic rings. The number of thiophene rings is 1. The van der Waals surface area contributed by atoms with Crippen molar-refractivity contribution in [2.24, 2.45) is 0 Å². The van der Waals surface area contributed by atoms with Crippen LogP contribution in [-0.4, -0.2) is 23.1 Å². The lowest BCUT2D eigenvalue weighted by Crippen LogP contribution is -2.45. The van der Waals surface area contributed by atoms with Gasteiger partial charge in [0.25, 0.3) is 0 Å². The first-order valence-electron chi connectivity index (χ1n) is 5.04. The number of nitrogens with one attached hydrogen (secondary N) is 2. The number of urea groups is 1. The fourth-order valence-corrected chi connectivity index (χ4v) is 2.19. The van der Waals surface area contributed by atoms with Crippen molar-refractivity contribution in [3.63, 3.8) is 0 Å². The molecule has 0 aliphatic heterocycles. The quantitative estimate of drug-likeness (QED) is 0.770. The predicted octanol–water partition coefficient (Wildman–Crippen LogP) is 2.06. The fourth-order valence-electron chi connectivity index (χ4n) is 1.16. The third kappa shape index (κ3) is 4.62. The van der Waals surface area contributed by atoms with Gasteiger partial charge in [-0.15, -0.1) is 11.3 Å². The third-order valence-electron chi connectivity index (χ3n) is 2.06. The van der Waals surface area contributed by atoms with Crippen molar-refractivity contribution in [2.75, 3.05) is 0 Å². The van der Waals surface area contributed by atoms with Gasteiger partial charge in [0.1, 0.15) is 6.04 Å². The first-order chi connectivity index (χ1) is 8.02. The van der Waals surface area contributed by atoms with Gasteiger partial charge in [-0.05, 0) is 18.6 Å². The maximum atomic E-state index is 11.4. The van der Waals surface area contributed by atoms with E-state index in [0.29, 0.717) is 17.3 Å². The molecule has 0 aliphatic rings. The molecular weight excluding hydrogens is 264 g/mol. The summed E-state index contributed by atoms with van der Waals surface area (Å²) in [6.45, 7) is 2.03. The van der Waals surface area contributed by atoms with Crippen LogP contribution in [0.3, 0.4) is 0 Å². The van der Waals surface area contributed by atoms with Crippen LogP contribution >= 0.6 is 22.9 Å². The number of carbonyl (C=O) groups excluding carboxylic acids is 1. The van der Waals surface area contributed by atoms with Gasteiger partial charge >= 0.3 is 12.0 Å². The Morgan fingerprint density at radius 2 is 2.24 bits per heavy atom. The predicted molar refractivity (Wildman–Crippen MR) is 66.4 cm³/mol. The molecule has 3 N–H and O–H groups in total. The minimum absolute atomic E-state index is 0.333. The van der Waals surface area contributed by atoms with Gasteiger partial charge < -0.3 is 15.7 Å². The van der Waals surface area contributed by atoms with E-state index in [0.717, 1.165) is 4.88 Å². The van der Waals surface area contributed by atoms with Crippen LogP contribution in [0.5, 0.6) is 0 Å². The van der Waals surface area contributed by atoms with Gasteiger partial charge in [-0.3, -0.25) is 0 Å². The lowest BCUT2D eigenvalue weighted by Gasteiger charge is -2.12. The molecule has 17 heavy (non-hydrogen) atoms. The van der Waals surface area contributed by atoms with Crippen molar-refractivity contribution >= 4 is 34.9 Å². The van der Waals surface area contributed by atoms with Crippen LogP contribution in [0.15, 0.2) is 12.1 Å². The molecule has 0 saturated heterocycles. The topological polar surface area (TPSA) is 78.4 Å². The van der Waals surface area contributed by atoms with Gasteiger partial charge in [-0.1, -0.05) is 18.5 Å². The van der Waals surface area contributed by atoms with E-state index in [1.54, 1.807) is 13.0 Å². The van der Waals surface area contributed by atoms with E-state index in [1.165, 1.54) is 11.3 Å². The summed E-state index contributed by atoms with van der Waals surface area (Å²) in [6.07, 6.45) is 0.341. The van der Waals surface area contributed by atoms with Crippen molar-refractivity contribution < 1.29 is 14.7 Å². The van der Waals surface area contributed by atoms with Crippen molar-refractivity contribution in [3.05, 3.63) is 21.3 Å². The normalized spacial score (nSPS) is 11.9. The Bertz CT molecular complexity index is 408. The largest absolute Gasteiger partial charge is 0.480 e. The molecule has 0 spiro atoms. The Morgan fingerprint density at radius 3 is 2.71 bits per heavy atom. The number of hydrogen-bond acceptors (Lipinski definition) is 3. The van der Waals surface area contributed by atoms with Gasteiger partial charge in [0.05, 0.1) is 10.9 Å². The molecule has 0 fully saturated rings. The molecule has 1 rings (SSSR count). The highest BCUT2D eigenvalue weighted by molar-refractivity contribution is 7.16. The number of rotatable bonds is 5. The van der Waals surface area contributed by atoms with E-state index >= 15 is 0 Å². The van der Waals surface area contributed by atoms with Crippen LogP contribution < -0.4 is 10.6 Å². The zero-order valence-corrected chi connectivity index (χ0v) is 10.8. The summed E-state index contributed by atoms with van der Waals surface area (Å²) >= 11 is 7.10. The van der Waals surface area contributed by atoms with Gasteiger partial charge in [0.2, 0.25) is 0 Å². The SMILES string of the molecule is CC[C@H](NC(=O)NCc1ccc(Cl)s1)C(=O)O. The number of aliphatic carboxylic acids is 1. The lowest BCUT2D eigenvalue weighted by atomic mass is 10.2. The van der Waals surface area contributed by atoms with Crippen LogP contribution in [0.1, 0.15) is 18.2 Å². The lowest BCUT2D eigenvalue weighted by molar-refractivity contribution is -0.139. The molecule has 0 aliphatic carbocycles. The van der Waals surface area contributed by atoms with Crippen molar-refractivity contribution in [2.45, 2.75) is 25.9 Å². The monoisotopic (exact) mass is 276 g/mol. The number of carboxylic acid groups (broad SMARTS) is 1. The Kier molecular flexibility index (Phi) is 5.24. The molecule has 0 saturated carbocycles. The number of halogens is 1. The Labute approximate surface area is 108 Å². The fraction of sp³-hybridized carbons (Fsp3) is 0.400. The molecular formula is C10H13ClN2O3S. The zero-order chi connectivity index (χ0) is 12.8. The summed E-state index contributed by atoms with van der Waals surface area (Å²) in [4.78, 5) is 23.0. The minimum Gasteiger partial charge on any atom is -0.480 e. The highest BCUT2D eigenvalue weighted by Gasteiger charge is 2.17. The molecule has 0 radical (unpaired) electrons. The van der Waals surface area contributed by atoms with E-state index in [-0.39, 0.29) is 0 Å². The third-order valence-corrected chi connectivity index (χ3v) is 3.29. The van der Waals surface area contributed by atoms with Crippen molar-refractivity contribution in [1.82, 2.24) is 10.6 Å². The number of hydrogen-bond donors (Lipinski definition) is 3. The van der Waals surface area contributed by atoms with Crippen LogP contribution in [0.4, 0.5) is 4.79 Å². The maximum Gasteiger partial charge on any atom is 0.326 e. The molecule has 0 unspecified atom stereocenters. The molecule has 5 nitrogen and oxygen atoms in total. The molecule has 1 atom stereocenters. The first kappa shape index (κ1) is 13.8. The van der Waals surface area contributed by atoms with E-state index < -0.39 is 18.0 Å². The summed E-state index contributed by atoms with van der Waals surface area (Å²) in [5.41, 5.74) is 0. The van der Waals surface area contributed by atoms with E-state index in [1.807, 2.05) is 6.07 Å². The first-order valence-corrected chi connectivity index (χ1v) is 6.23. The molecule has 1 heterocycles. The average Bonchev–Trinajstić information content (AvgIpc) is 2.68. The highest BCUT2D eigenvalue weighted by atomic mass is 35.5. The van der Waals surface area contributed by atoms with Crippen molar-refractivity contribution in [1.29, 1.82) is 0 Å². The van der Waals surface area contributed by atoms with Crippen LogP contribution in [0, 0.1) is 0 Å². The Balaban J connectivity index is 2.37. The molecule has 0 aromatic carbocycles. The molecule has 2 amide bonds. The van der Waals surface area contributed by atoms with E-state index in [4.69, 9.17) is 16.7 Å². The smallest absolute Gasteiger partial charge is 0.326 e. The van der Waals surface area contributed by atoms with Gasteiger partial charge in [-0.2, -0.15) is 0 Å². The molecule has 94 valence electrons. The standard InChI is InChI=1S/C10H13ClN2O3S/c1-2-7(9(14)15)13-10(16)12-5-6-3-4-8(11)17-6/h3-4,7H,2,5H2,1H3,(H,14,15)(H2,12,13,16)/t7-/m0/s1. The van der Waals surface area contributed by atoms with Crippen LogP contribution in [-0.2, 0) is 11.3 Å². The van der Waals surface area contributed by atoms with E-state index in [2.05, 4.69) is 10.6 Å². The van der Waals surface area contributed by atoms with Gasteiger partial charge in [0, 0.05) is 4.88 Å². The van der Waals surface area contributed by atoms with Crippen molar-refractivity contribution in [3.8, 4) is 0 Å². The van der Waals surface area contributed by atoms with Gasteiger partial charge in [-0.25, -0.2) is 9.59 Å². The van der Waals surface area contributed by atoms with Crippen LogP contribution in [0.25, 0.3) is 0 Å². The Morgan fingerprint density at radius 1 is 1.53 bits per heavy atom. The number of carboxylic acids is 1. The maximum absolute atomic E-state index is 11.4. The highest BCUT2D eigenvalue weighted by Crippen LogP contribution is 2.20. The van der Waals surface area contributed by atoms with Gasteiger partial charge in [0.15, 0.2) is 0 Å². The van der Waals surface area contributed by atoms with E-state index in [9.17, 15) is 9.59 Å². The second-order valence-electron chi connectivity index (χ2n) is 3.33. The number of amides is 2. The Hall–Kier alpha value is -1.27. The zero-order valence-electron chi connectivity index (χ0n) is 9.20. The summed E-state index contributed by atoms with van der Waals surface area (Å²) < 4.78 is 0.652. The second-order valence-corrected chi connectivity index (χ2v) is 5.13. The van der Waals surface area contributed by atoms with Crippen LogP contribution in [0.2, 0.25) is 4.34 Å². The molecule has 1 aromatic heterocycles. The minimum atomic E-state index is -1.04. The number of carbonyl (C=O) groups is 2.